The number of rotatable bonds is 7. The molecule has 0 aromatic rings. The molecule has 3 N–H and O–H groups in total. The van der Waals surface area contributed by atoms with Gasteiger partial charge in [0, 0.05) is 19.6 Å². The van der Waals surface area contributed by atoms with Gasteiger partial charge in [-0.25, -0.2) is 9.59 Å². The van der Waals surface area contributed by atoms with Crippen molar-refractivity contribution in [1.82, 2.24) is 15.5 Å². The molecule has 1 heterocycles. The van der Waals surface area contributed by atoms with Crippen LogP contribution in [0.2, 0.25) is 0 Å². The van der Waals surface area contributed by atoms with Crippen LogP contribution in [0.5, 0.6) is 0 Å². The van der Waals surface area contributed by atoms with Crippen LogP contribution in [0.3, 0.4) is 0 Å². The Balaban J connectivity index is 2.22. The first-order valence-electron chi connectivity index (χ1n) is 7.24. The lowest BCUT2D eigenvalue weighted by molar-refractivity contribution is -0.149. The minimum absolute atomic E-state index is 0.0148. The average Bonchev–Trinajstić information content (AvgIpc) is 2.81. The Labute approximate surface area is 126 Å². The summed E-state index contributed by atoms with van der Waals surface area (Å²) in [5.41, 5.74) is -0.0148. The molecule has 21 heavy (non-hydrogen) atoms. The van der Waals surface area contributed by atoms with Gasteiger partial charge in [-0.3, -0.25) is 0 Å². The van der Waals surface area contributed by atoms with Crippen molar-refractivity contribution in [3.63, 3.8) is 0 Å². The lowest BCUT2D eigenvalue weighted by atomic mass is 9.93. The van der Waals surface area contributed by atoms with Crippen LogP contribution in [0.25, 0.3) is 0 Å². The highest BCUT2D eigenvalue weighted by Crippen LogP contribution is 2.19. The van der Waals surface area contributed by atoms with Gasteiger partial charge in [0.1, 0.15) is 0 Å². The maximum atomic E-state index is 11.7. The smallest absolute Gasteiger partial charge is 0.332 e. The Morgan fingerprint density at radius 3 is 2.48 bits per heavy atom. The molecule has 0 aliphatic carbocycles. The van der Waals surface area contributed by atoms with Crippen LogP contribution in [0, 0.1) is 5.41 Å². The second kappa shape index (κ2) is 7.61. The molecule has 7 heteroatoms. The Hall–Kier alpha value is -1.34. The summed E-state index contributed by atoms with van der Waals surface area (Å²) in [6, 6.07) is -0.246. The maximum absolute atomic E-state index is 11.7. The normalized spacial score (nSPS) is 22.3. The molecule has 0 radical (unpaired) electrons. The van der Waals surface area contributed by atoms with E-state index in [2.05, 4.69) is 29.4 Å². The van der Waals surface area contributed by atoms with E-state index in [4.69, 9.17) is 9.84 Å². The number of carbonyl (C=O) groups is 2. The van der Waals surface area contributed by atoms with Crippen molar-refractivity contribution in [2.75, 3.05) is 33.7 Å². The van der Waals surface area contributed by atoms with Crippen LogP contribution < -0.4 is 10.6 Å². The van der Waals surface area contributed by atoms with E-state index in [9.17, 15) is 9.59 Å². The van der Waals surface area contributed by atoms with Crippen LogP contribution in [0.1, 0.15) is 26.7 Å². The quantitative estimate of drug-likeness (QED) is 0.637. The van der Waals surface area contributed by atoms with Crippen LogP contribution in [-0.2, 0) is 9.53 Å². The molecule has 0 saturated carbocycles. The number of hydrogen-bond acceptors (Lipinski definition) is 4. The molecule has 1 aliphatic rings. The topological polar surface area (TPSA) is 90.9 Å². The summed E-state index contributed by atoms with van der Waals surface area (Å²) in [5, 5.41) is 14.4. The van der Waals surface area contributed by atoms with Gasteiger partial charge in [-0.05, 0) is 32.4 Å². The molecular weight excluding hydrogens is 274 g/mol. The van der Waals surface area contributed by atoms with Gasteiger partial charge >= 0.3 is 12.0 Å². The number of nitrogens with zero attached hydrogens (tertiary/aromatic N) is 1. The number of carboxylic acids is 1. The summed E-state index contributed by atoms with van der Waals surface area (Å²) in [7, 11) is 4.00. The van der Waals surface area contributed by atoms with Crippen LogP contribution >= 0.6 is 0 Å². The summed E-state index contributed by atoms with van der Waals surface area (Å²) < 4.78 is 5.32. The molecule has 1 saturated heterocycles. The Morgan fingerprint density at radius 2 is 1.95 bits per heavy atom. The summed E-state index contributed by atoms with van der Waals surface area (Å²) in [6.07, 6.45) is 0.202. The maximum Gasteiger partial charge on any atom is 0.332 e. The van der Waals surface area contributed by atoms with E-state index in [1.165, 1.54) is 0 Å². The lowest BCUT2D eigenvalue weighted by Crippen LogP contribution is -2.45. The highest BCUT2D eigenvalue weighted by Gasteiger charge is 2.30. The van der Waals surface area contributed by atoms with Gasteiger partial charge in [-0.1, -0.05) is 13.8 Å². The second-order valence-corrected chi connectivity index (χ2v) is 6.63. The number of carboxylic acid groups (broad SMARTS) is 1. The van der Waals surface area contributed by atoms with Gasteiger partial charge in [0.15, 0.2) is 6.10 Å². The summed E-state index contributed by atoms with van der Waals surface area (Å²) >= 11 is 0. The van der Waals surface area contributed by atoms with Gasteiger partial charge in [0.25, 0.3) is 0 Å². The second-order valence-electron chi connectivity index (χ2n) is 6.63. The van der Waals surface area contributed by atoms with E-state index < -0.39 is 12.1 Å². The number of amides is 2. The molecule has 0 aromatic heterocycles. The molecule has 0 aromatic carbocycles. The Bertz CT molecular complexity index is 371. The zero-order valence-corrected chi connectivity index (χ0v) is 13.3. The van der Waals surface area contributed by atoms with E-state index in [1.807, 2.05) is 14.1 Å². The zero-order valence-electron chi connectivity index (χ0n) is 13.3. The van der Waals surface area contributed by atoms with Crippen molar-refractivity contribution in [1.29, 1.82) is 0 Å². The molecule has 2 unspecified atom stereocenters. The van der Waals surface area contributed by atoms with E-state index in [-0.39, 0.29) is 17.6 Å². The first kappa shape index (κ1) is 17.7. The van der Waals surface area contributed by atoms with Crippen molar-refractivity contribution < 1.29 is 19.4 Å². The van der Waals surface area contributed by atoms with E-state index in [0.29, 0.717) is 25.9 Å². The average molecular weight is 301 g/mol. The third kappa shape index (κ3) is 6.77. The minimum Gasteiger partial charge on any atom is -0.479 e. The largest absolute Gasteiger partial charge is 0.479 e. The monoisotopic (exact) mass is 301 g/mol. The fraction of sp³-hybridized carbons (Fsp3) is 0.857. The molecule has 7 nitrogen and oxygen atoms in total. The van der Waals surface area contributed by atoms with Crippen molar-refractivity contribution in [3.05, 3.63) is 0 Å². The molecule has 2 atom stereocenters. The number of aliphatic carboxylic acids is 1. The number of carbonyl (C=O) groups excluding carboxylic acids is 1. The Morgan fingerprint density at radius 1 is 1.29 bits per heavy atom. The van der Waals surface area contributed by atoms with Crippen LogP contribution in [0.4, 0.5) is 4.79 Å². The van der Waals surface area contributed by atoms with Gasteiger partial charge in [-0.2, -0.15) is 0 Å². The van der Waals surface area contributed by atoms with Crippen molar-refractivity contribution in [2.24, 2.45) is 5.41 Å². The minimum atomic E-state index is -0.938. The van der Waals surface area contributed by atoms with Crippen molar-refractivity contribution in [2.45, 2.75) is 38.9 Å². The summed E-state index contributed by atoms with van der Waals surface area (Å²) in [5.74, 6) is -0.938. The third-order valence-corrected chi connectivity index (χ3v) is 3.35. The summed E-state index contributed by atoms with van der Waals surface area (Å²) in [6.45, 7) is 5.96. The predicted octanol–water partition coefficient (Wildman–Crippen LogP) is 0.506. The number of urea groups is 1. The summed E-state index contributed by atoms with van der Waals surface area (Å²) in [4.78, 5) is 24.6. The predicted molar refractivity (Wildman–Crippen MR) is 79.3 cm³/mol. The molecule has 122 valence electrons. The number of nitrogens with one attached hydrogen (secondary N) is 2. The molecule has 0 bridgehead atoms. The molecule has 1 fully saturated rings. The first-order chi connectivity index (χ1) is 9.69. The molecule has 2 amide bonds. The van der Waals surface area contributed by atoms with Gasteiger partial charge in [0.05, 0.1) is 6.10 Å². The van der Waals surface area contributed by atoms with Crippen LogP contribution in [-0.4, -0.2) is 67.9 Å². The molecular formula is C14H27N3O4. The molecule has 1 aliphatic heterocycles. The van der Waals surface area contributed by atoms with Gasteiger partial charge in [0.2, 0.25) is 0 Å². The standard InChI is InChI=1S/C14H27N3O4/c1-14(2,9-17(3)4)8-16-13(20)15-7-10-5-6-11(21-10)12(18)19/h10-11H,5-9H2,1-4H3,(H,18,19)(H2,15,16,20). The van der Waals surface area contributed by atoms with E-state index in [1.54, 1.807) is 0 Å². The van der Waals surface area contributed by atoms with Gasteiger partial charge < -0.3 is 25.4 Å². The van der Waals surface area contributed by atoms with Crippen molar-refractivity contribution >= 4 is 12.0 Å². The molecule has 1 rings (SSSR count). The number of ether oxygens (including phenoxy) is 1. The van der Waals surface area contributed by atoms with Crippen molar-refractivity contribution in [3.8, 4) is 0 Å². The van der Waals surface area contributed by atoms with E-state index >= 15 is 0 Å². The molecule has 0 spiro atoms. The van der Waals surface area contributed by atoms with Gasteiger partial charge in [-0.15, -0.1) is 0 Å². The fourth-order valence-corrected chi connectivity index (χ4v) is 2.54. The third-order valence-electron chi connectivity index (χ3n) is 3.35. The SMILES string of the molecule is CN(C)CC(C)(C)CNC(=O)NCC1CCC(C(=O)O)O1. The fourth-order valence-electron chi connectivity index (χ4n) is 2.54. The zero-order chi connectivity index (χ0) is 16.0. The first-order valence-corrected chi connectivity index (χ1v) is 7.24. The number of hydrogen-bond donors (Lipinski definition) is 3. The lowest BCUT2D eigenvalue weighted by Gasteiger charge is -2.28. The highest BCUT2D eigenvalue weighted by atomic mass is 16.5. The van der Waals surface area contributed by atoms with Crippen LogP contribution in [0.15, 0.2) is 0 Å². The highest BCUT2D eigenvalue weighted by molar-refractivity contribution is 5.74. The Kier molecular flexibility index (Phi) is 6.42. The van der Waals surface area contributed by atoms with E-state index in [0.717, 1.165) is 6.54 Å².